The van der Waals surface area contributed by atoms with E-state index in [4.69, 9.17) is 0 Å². The summed E-state index contributed by atoms with van der Waals surface area (Å²) in [6.07, 6.45) is 3.01. The number of thiophene rings is 1. The number of nitrogens with zero attached hydrogens (tertiary/aromatic N) is 1. The molecular weight excluding hydrogens is 284 g/mol. The molecular formula is C16H24N2O2S. The zero-order valence-electron chi connectivity index (χ0n) is 12.5. The van der Waals surface area contributed by atoms with E-state index in [-0.39, 0.29) is 30.4 Å². The maximum absolute atomic E-state index is 12.0. The summed E-state index contributed by atoms with van der Waals surface area (Å²) in [4.78, 5) is 15.8. The molecule has 1 aromatic heterocycles. The van der Waals surface area contributed by atoms with Crippen molar-refractivity contribution in [3.8, 4) is 0 Å². The highest BCUT2D eigenvalue weighted by Gasteiger charge is 2.35. The van der Waals surface area contributed by atoms with Gasteiger partial charge in [-0.1, -0.05) is 0 Å². The summed E-state index contributed by atoms with van der Waals surface area (Å²) in [6, 6.07) is 2.25. The van der Waals surface area contributed by atoms with Crippen LogP contribution in [0.2, 0.25) is 0 Å². The van der Waals surface area contributed by atoms with Crippen LogP contribution in [-0.2, 0) is 11.3 Å². The predicted octanol–water partition coefficient (Wildman–Crippen LogP) is 1.77. The Morgan fingerprint density at radius 3 is 2.90 bits per heavy atom. The highest BCUT2D eigenvalue weighted by atomic mass is 32.1. The molecule has 4 nitrogen and oxygen atoms in total. The minimum absolute atomic E-state index is 0.0946. The summed E-state index contributed by atoms with van der Waals surface area (Å²) in [7, 11) is 0. The monoisotopic (exact) mass is 308 g/mol. The average Bonchev–Trinajstić information content (AvgIpc) is 3.25. The van der Waals surface area contributed by atoms with Crippen LogP contribution in [0.25, 0.3) is 0 Å². The van der Waals surface area contributed by atoms with Gasteiger partial charge < -0.3 is 10.4 Å². The molecule has 116 valence electrons. The molecule has 3 rings (SSSR count). The van der Waals surface area contributed by atoms with E-state index in [2.05, 4.69) is 28.6 Å². The van der Waals surface area contributed by atoms with Crippen LogP contribution in [0.3, 0.4) is 0 Å². The second kappa shape index (κ2) is 6.46. The number of piperidine rings is 1. The zero-order chi connectivity index (χ0) is 14.8. The molecule has 1 aliphatic heterocycles. The van der Waals surface area contributed by atoms with Gasteiger partial charge in [0.05, 0.1) is 0 Å². The molecule has 1 aliphatic carbocycles. The second-order valence-corrected chi connectivity index (χ2v) is 7.38. The Morgan fingerprint density at radius 2 is 2.29 bits per heavy atom. The van der Waals surface area contributed by atoms with Crippen molar-refractivity contribution in [1.82, 2.24) is 10.2 Å². The Hall–Kier alpha value is -0.910. The van der Waals surface area contributed by atoms with E-state index >= 15 is 0 Å². The Morgan fingerprint density at radius 1 is 1.48 bits per heavy atom. The summed E-state index contributed by atoms with van der Waals surface area (Å²) >= 11 is 1.80. The fraction of sp³-hybridized carbons (Fsp3) is 0.688. The highest BCUT2D eigenvalue weighted by molar-refractivity contribution is 7.10. The van der Waals surface area contributed by atoms with E-state index < -0.39 is 0 Å². The van der Waals surface area contributed by atoms with Gasteiger partial charge in [0, 0.05) is 42.5 Å². The summed E-state index contributed by atoms with van der Waals surface area (Å²) in [6.45, 7) is 5.12. The lowest BCUT2D eigenvalue weighted by Gasteiger charge is -2.38. The van der Waals surface area contributed by atoms with Crippen molar-refractivity contribution in [1.29, 1.82) is 0 Å². The Bertz CT molecular complexity index is 498. The topological polar surface area (TPSA) is 52.6 Å². The Balaban J connectivity index is 1.60. The van der Waals surface area contributed by atoms with Crippen molar-refractivity contribution in [3.63, 3.8) is 0 Å². The van der Waals surface area contributed by atoms with E-state index in [1.807, 2.05) is 0 Å². The minimum atomic E-state index is 0.0946. The molecule has 2 atom stereocenters. The van der Waals surface area contributed by atoms with Crippen molar-refractivity contribution in [2.24, 2.45) is 11.8 Å². The molecule has 0 bridgehead atoms. The van der Waals surface area contributed by atoms with Gasteiger partial charge in [0.1, 0.15) is 0 Å². The summed E-state index contributed by atoms with van der Waals surface area (Å²) in [5.74, 6) is 0.625. The lowest BCUT2D eigenvalue weighted by atomic mass is 9.92. The summed E-state index contributed by atoms with van der Waals surface area (Å²) < 4.78 is 0. The molecule has 21 heavy (non-hydrogen) atoms. The molecule has 1 amide bonds. The minimum Gasteiger partial charge on any atom is -0.396 e. The number of carbonyl (C=O) groups is 1. The van der Waals surface area contributed by atoms with Gasteiger partial charge in [-0.3, -0.25) is 9.69 Å². The van der Waals surface area contributed by atoms with Crippen LogP contribution in [0.4, 0.5) is 0 Å². The van der Waals surface area contributed by atoms with Crippen LogP contribution in [0.15, 0.2) is 11.4 Å². The van der Waals surface area contributed by atoms with E-state index in [0.717, 1.165) is 38.9 Å². The van der Waals surface area contributed by atoms with E-state index in [1.165, 1.54) is 10.4 Å². The van der Waals surface area contributed by atoms with Crippen LogP contribution in [-0.4, -0.2) is 41.7 Å². The molecule has 2 fully saturated rings. The number of hydrogen-bond acceptors (Lipinski definition) is 4. The number of aliphatic hydroxyl groups is 1. The van der Waals surface area contributed by atoms with Gasteiger partial charge in [0.15, 0.2) is 0 Å². The molecule has 2 heterocycles. The predicted molar refractivity (Wildman–Crippen MR) is 84.2 cm³/mol. The molecule has 0 aromatic carbocycles. The zero-order valence-corrected chi connectivity index (χ0v) is 13.4. The molecule has 0 radical (unpaired) electrons. The first kappa shape index (κ1) is 15.0. The first-order valence-corrected chi connectivity index (χ1v) is 8.72. The van der Waals surface area contributed by atoms with Gasteiger partial charge in [-0.2, -0.15) is 0 Å². The standard InChI is InChI=1S/C16H24N2O2S/c1-11-5-7-21-15(11)9-18-6-4-13(10-19)14(8-18)17-16(20)12-2-3-12/h5,7,12-14,19H,2-4,6,8-10H2,1H3,(H,17,20)/t13-,14-/m1/s1. The molecule has 2 N–H and O–H groups in total. The number of aryl methyl sites for hydroxylation is 1. The maximum Gasteiger partial charge on any atom is 0.223 e. The van der Waals surface area contributed by atoms with Crippen molar-refractivity contribution in [2.75, 3.05) is 19.7 Å². The van der Waals surface area contributed by atoms with E-state index in [1.54, 1.807) is 11.3 Å². The SMILES string of the molecule is Cc1ccsc1CN1CC[C@H](CO)[C@H](NC(=O)C2CC2)C1. The third-order valence-electron chi connectivity index (χ3n) is 4.69. The number of likely N-dealkylation sites (tertiary alicyclic amines) is 1. The maximum atomic E-state index is 12.0. The van der Waals surface area contributed by atoms with E-state index in [0.29, 0.717) is 0 Å². The normalized spacial score (nSPS) is 26.8. The van der Waals surface area contributed by atoms with Gasteiger partial charge in [-0.25, -0.2) is 0 Å². The quantitative estimate of drug-likeness (QED) is 0.871. The number of rotatable bonds is 5. The van der Waals surface area contributed by atoms with Gasteiger partial charge >= 0.3 is 0 Å². The van der Waals surface area contributed by atoms with Crippen molar-refractivity contribution < 1.29 is 9.90 Å². The lowest BCUT2D eigenvalue weighted by Crippen LogP contribution is -2.53. The summed E-state index contributed by atoms with van der Waals surface area (Å²) in [5, 5.41) is 14.9. The van der Waals surface area contributed by atoms with Gasteiger partial charge in [0.25, 0.3) is 0 Å². The third-order valence-corrected chi connectivity index (χ3v) is 5.69. The molecule has 1 saturated carbocycles. The fourth-order valence-electron chi connectivity index (χ4n) is 3.01. The van der Waals surface area contributed by atoms with Crippen LogP contribution in [0.5, 0.6) is 0 Å². The molecule has 1 saturated heterocycles. The van der Waals surface area contributed by atoms with Crippen molar-refractivity contribution >= 4 is 17.2 Å². The van der Waals surface area contributed by atoms with Crippen LogP contribution in [0.1, 0.15) is 29.7 Å². The molecule has 2 aliphatic rings. The van der Waals surface area contributed by atoms with Gasteiger partial charge in [-0.15, -0.1) is 11.3 Å². The van der Waals surface area contributed by atoms with Gasteiger partial charge in [-0.05, 0) is 49.7 Å². The van der Waals surface area contributed by atoms with Crippen LogP contribution in [0, 0.1) is 18.8 Å². The van der Waals surface area contributed by atoms with Gasteiger partial charge in [0.2, 0.25) is 5.91 Å². The summed E-state index contributed by atoms with van der Waals surface area (Å²) in [5.41, 5.74) is 1.35. The molecule has 1 aromatic rings. The van der Waals surface area contributed by atoms with Crippen LogP contribution < -0.4 is 5.32 Å². The average molecular weight is 308 g/mol. The third kappa shape index (κ3) is 3.65. The number of amides is 1. The first-order valence-electron chi connectivity index (χ1n) is 7.84. The lowest BCUT2D eigenvalue weighted by molar-refractivity contribution is -0.124. The number of aliphatic hydroxyl groups excluding tert-OH is 1. The number of nitrogens with one attached hydrogen (secondary N) is 1. The van der Waals surface area contributed by atoms with Crippen molar-refractivity contribution in [3.05, 3.63) is 21.9 Å². The molecule has 5 heteroatoms. The smallest absolute Gasteiger partial charge is 0.223 e. The second-order valence-electron chi connectivity index (χ2n) is 6.38. The largest absolute Gasteiger partial charge is 0.396 e. The van der Waals surface area contributed by atoms with Crippen molar-refractivity contribution in [2.45, 2.75) is 38.8 Å². The van der Waals surface area contributed by atoms with Crippen LogP contribution >= 0.6 is 11.3 Å². The highest BCUT2D eigenvalue weighted by Crippen LogP contribution is 2.30. The first-order chi connectivity index (χ1) is 10.2. The fourth-order valence-corrected chi connectivity index (χ4v) is 3.96. The molecule has 0 unspecified atom stereocenters. The van der Waals surface area contributed by atoms with E-state index in [9.17, 15) is 9.90 Å². The Kier molecular flexibility index (Phi) is 4.62. The molecule has 0 spiro atoms. The number of hydrogen-bond donors (Lipinski definition) is 2. The number of carbonyl (C=O) groups excluding carboxylic acids is 1. The Labute approximate surface area is 130 Å².